The average molecular weight is 570 g/mol. The van der Waals surface area contributed by atoms with Crippen LogP contribution in [-0.4, -0.2) is 65.1 Å². The Hall–Kier alpha value is -3.97. The number of fused-ring (bicyclic) bond motifs is 1. The van der Waals surface area contributed by atoms with E-state index in [-0.39, 0.29) is 12.1 Å². The number of piperidine rings is 1. The summed E-state index contributed by atoms with van der Waals surface area (Å²) in [5, 5.41) is 0.387. The van der Waals surface area contributed by atoms with Crippen molar-refractivity contribution < 1.29 is 22.0 Å². The molecule has 0 atom stereocenters. The first-order chi connectivity index (χ1) is 19.1. The van der Waals surface area contributed by atoms with Crippen LogP contribution >= 0.6 is 0 Å². The summed E-state index contributed by atoms with van der Waals surface area (Å²) in [6.07, 6.45) is 9.75. The fraction of sp³-hybridized carbons (Fsp3) is 0.333. The molecule has 1 aliphatic rings. The number of benzene rings is 1. The van der Waals surface area contributed by atoms with Crippen LogP contribution in [0, 0.1) is 18.6 Å². The Morgan fingerprint density at radius 2 is 1.80 bits per heavy atom. The van der Waals surface area contributed by atoms with Crippen molar-refractivity contribution in [3.8, 4) is 11.1 Å². The normalized spacial score (nSPS) is 14.2. The average Bonchev–Trinajstić information content (AvgIpc) is 3.40. The van der Waals surface area contributed by atoms with Crippen molar-refractivity contribution in [2.75, 3.05) is 36.3 Å². The molecule has 210 valence electrons. The predicted molar refractivity (Wildman–Crippen MR) is 149 cm³/mol. The number of H-pyrrole nitrogens is 1. The van der Waals surface area contributed by atoms with Gasteiger partial charge in [0.05, 0.1) is 16.8 Å². The van der Waals surface area contributed by atoms with Gasteiger partial charge in [0.15, 0.2) is 5.82 Å². The van der Waals surface area contributed by atoms with Gasteiger partial charge in [-0.15, -0.1) is 0 Å². The lowest BCUT2D eigenvalue weighted by Gasteiger charge is -2.26. The summed E-state index contributed by atoms with van der Waals surface area (Å²) in [7, 11) is -2.80. The molecular weight excluding hydrogens is 540 g/mol. The van der Waals surface area contributed by atoms with Crippen LogP contribution in [0.25, 0.3) is 22.2 Å². The molecule has 4 heterocycles. The molecule has 1 fully saturated rings. The standard InChI is InChI=1S/C27H29F2N7O3S/c1-4-35(3)40(38,39)34-21-9-8-20(28)23(24(21)29)25(37)19-15-31-26-22(19)16(2)18(14-30-26)17-12-32-27(33-13-17)36-10-6-5-7-11-36/h8-9,12-15,34H,4-7,10-11H2,1-3H3,(H,30,31). The molecule has 0 aliphatic carbocycles. The van der Waals surface area contributed by atoms with E-state index in [2.05, 4.69) is 29.6 Å². The minimum absolute atomic E-state index is 0.00353. The first-order valence-corrected chi connectivity index (χ1v) is 14.4. The fourth-order valence-electron chi connectivity index (χ4n) is 4.80. The second kappa shape index (κ2) is 10.9. The topological polar surface area (TPSA) is 124 Å². The lowest BCUT2D eigenvalue weighted by molar-refractivity contribution is 0.103. The summed E-state index contributed by atoms with van der Waals surface area (Å²) in [4.78, 5) is 32.0. The van der Waals surface area contributed by atoms with Crippen LogP contribution in [0.5, 0.6) is 0 Å². The number of pyridine rings is 1. The minimum atomic E-state index is -4.10. The first kappa shape index (κ1) is 27.6. The lowest BCUT2D eigenvalue weighted by atomic mass is 9.96. The maximum atomic E-state index is 15.5. The van der Waals surface area contributed by atoms with Crippen molar-refractivity contribution >= 4 is 38.7 Å². The molecule has 5 rings (SSSR count). The minimum Gasteiger partial charge on any atom is -0.345 e. The maximum absolute atomic E-state index is 15.5. The smallest absolute Gasteiger partial charge is 0.301 e. The molecule has 13 heteroatoms. The van der Waals surface area contributed by atoms with Crippen LogP contribution in [-0.2, 0) is 10.2 Å². The Kier molecular flexibility index (Phi) is 7.51. The van der Waals surface area contributed by atoms with Crippen LogP contribution < -0.4 is 9.62 Å². The second-order valence-corrected chi connectivity index (χ2v) is 11.5. The van der Waals surface area contributed by atoms with Gasteiger partial charge in [0.1, 0.15) is 11.5 Å². The largest absolute Gasteiger partial charge is 0.345 e. The molecule has 1 saturated heterocycles. The number of carbonyl (C=O) groups is 1. The summed E-state index contributed by atoms with van der Waals surface area (Å²) >= 11 is 0. The number of nitrogens with one attached hydrogen (secondary N) is 2. The summed E-state index contributed by atoms with van der Waals surface area (Å²) in [6.45, 7) is 5.32. The number of hydrogen-bond acceptors (Lipinski definition) is 7. The zero-order valence-corrected chi connectivity index (χ0v) is 23.1. The molecule has 0 spiro atoms. The summed E-state index contributed by atoms with van der Waals surface area (Å²) in [5.41, 5.74) is 0.933. The SMILES string of the molecule is CCN(C)S(=O)(=O)Nc1ccc(F)c(C(=O)c2c[nH]c3ncc(-c4cnc(N5CCCCC5)nc4)c(C)c23)c1F. The van der Waals surface area contributed by atoms with E-state index in [1.165, 1.54) is 19.7 Å². The van der Waals surface area contributed by atoms with E-state index in [1.807, 2.05) is 0 Å². The third-order valence-electron chi connectivity index (χ3n) is 7.21. The lowest BCUT2D eigenvalue weighted by Crippen LogP contribution is -2.32. The van der Waals surface area contributed by atoms with E-state index in [4.69, 9.17) is 0 Å². The molecule has 3 aromatic heterocycles. The van der Waals surface area contributed by atoms with E-state index in [1.54, 1.807) is 32.4 Å². The predicted octanol–water partition coefficient (Wildman–Crippen LogP) is 4.44. The molecule has 10 nitrogen and oxygen atoms in total. The molecule has 40 heavy (non-hydrogen) atoms. The quantitative estimate of drug-likeness (QED) is 0.301. The van der Waals surface area contributed by atoms with Gasteiger partial charge in [0.25, 0.3) is 0 Å². The zero-order chi connectivity index (χ0) is 28.6. The monoisotopic (exact) mass is 569 g/mol. The highest BCUT2D eigenvalue weighted by molar-refractivity contribution is 7.90. The van der Waals surface area contributed by atoms with Gasteiger partial charge in [0, 0.05) is 68.0 Å². The Labute approximate surface area is 230 Å². The van der Waals surface area contributed by atoms with Crippen molar-refractivity contribution in [1.82, 2.24) is 24.2 Å². The van der Waals surface area contributed by atoms with Gasteiger partial charge >= 0.3 is 10.2 Å². The van der Waals surface area contributed by atoms with Crippen LogP contribution in [0.4, 0.5) is 20.4 Å². The molecule has 1 aliphatic heterocycles. The number of aromatic amines is 1. The number of nitrogens with zero attached hydrogens (tertiary/aromatic N) is 5. The summed E-state index contributed by atoms with van der Waals surface area (Å²) in [6, 6.07) is 1.79. The number of aromatic nitrogens is 4. The fourth-order valence-corrected chi connectivity index (χ4v) is 5.73. The number of halogens is 2. The number of rotatable bonds is 8. The van der Waals surface area contributed by atoms with Crippen LogP contribution in [0.15, 0.2) is 36.9 Å². The van der Waals surface area contributed by atoms with Crippen LogP contribution in [0.2, 0.25) is 0 Å². The van der Waals surface area contributed by atoms with Crippen molar-refractivity contribution in [3.63, 3.8) is 0 Å². The number of aryl methyl sites for hydroxylation is 1. The Morgan fingerprint density at radius 1 is 1.10 bits per heavy atom. The van der Waals surface area contributed by atoms with Gasteiger partial charge < -0.3 is 9.88 Å². The van der Waals surface area contributed by atoms with Crippen LogP contribution in [0.1, 0.15) is 47.7 Å². The third kappa shape index (κ3) is 5.02. The van der Waals surface area contributed by atoms with E-state index in [9.17, 15) is 17.6 Å². The van der Waals surface area contributed by atoms with E-state index < -0.39 is 38.9 Å². The first-order valence-electron chi connectivity index (χ1n) is 12.9. The van der Waals surface area contributed by atoms with Crippen molar-refractivity contribution in [1.29, 1.82) is 0 Å². The Balaban J connectivity index is 1.52. The van der Waals surface area contributed by atoms with Gasteiger partial charge in [-0.2, -0.15) is 12.7 Å². The molecular formula is C27H29F2N7O3S. The van der Waals surface area contributed by atoms with Crippen molar-refractivity contribution in [2.24, 2.45) is 0 Å². The molecule has 0 unspecified atom stereocenters. The highest BCUT2D eigenvalue weighted by atomic mass is 32.2. The third-order valence-corrected chi connectivity index (χ3v) is 8.76. The second-order valence-electron chi connectivity index (χ2n) is 9.68. The number of carbonyl (C=O) groups excluding carboxylic acids is 1. The number of hydrogen-bond donors (Lipinski definition) is 2. The van der Waals surface area contributed by atoms with Gasteiger partial charge in [-0.25, -0.2) is 23.7 Å². The van der Waals surface area contributed by atoms with E-state index >= 15 is 4.39 Å². The van der Waals surface area contributed by atoms with Gasteiger partial charge in [-0.05, 0) is 43.9 Å². The molecule has 0 saturated carbocycles. The molecule has 1 aromatic carbocycles. The maximum Gasteiger partial charge on any atom is 0.301 e. The summed E-state index contributed by atoms with van der Waals surface area (Å²) < 4.78 is 58.2. The highest BCUT2D eigenvalue weighted by Crippen LogP contribution is 2.33. The molecule has 4 aromatic rings. The van der Waals surface area contributed by atoms with Crippen molar-refractivity contribution in [2.45, 2.75) is 33.1 Å². The molecule has 0 amide bonds. The zero-order valence-electron chi connectivity index (χ0n) is 22.3. The van der Waals surface area contributed by atoms with Gasteiger partial charge in [-0.1, -0.05) is 6.92 Å². The van der Waals surface area contributed by atoms with E-state index in [0.717, 1.165) is 42.4 Å². The molecule has 0 radical (unpaired) electrons. The number of anilines is 2. The van der Waals surface area contributed by atoms with Crippen molar-refractivity contribution in [3.05, 3.63) is 65.2 Å². The summed E-state index contributed by atoms with van der Waals surface area (Å²) in [5.74, 6) is -2.73. The van der Waals surface area contributed by atoms with Gasteiger partial charge in [0.2, 0.25) is 11.7 Å². The van der Waals surface area contributed by atoms with Gasteiger partial charge in [-0.3, -0.25) is 9.52 Å². The van der Waals surface area contributed by atoms with Crippen LogP contribution in [0.3, 0.4) is 0 Å². The Morgan fingerprint density at radius 3 is 2.48 bits per heavy atom. The highest BCUT2D eigenvalue weighted by Gasteiger charge is 2.28. The number of ketones is 1. The molecule has 0 bridgehead atoms. The van der Waals surface area contributed by atoms with E-state index in [0.29, 0.717) is 33.7 Å². The molecule has 2 N–H and O–H groups in total. The Bertz CT molecular complexity index is 1680.